The van der Waals surface area contributed by atoms with E-state index in [9.17, 15) is 4.79 Å². The van der Waals surface area contributed by atoms with Crippen LogP contribution in [0.1, 0.15) is 23.0 Å². The Balaban J connectivity index is 2.10. The Kier molecular flexibility index (Phi) is 3.52. The summed E-state index contributed by atoms with van der Waals surface area (Å²) < 4.78 is 0. The van der Waals surface area contributed by atoms with E-state index in [4.69, 9.17) is 5.11 Å². The lowest BCUT2D eigenvalue weighted by molar-refractivity contribution is 0.0690. The molecule has 5 heteroatoms. The highest BCUT2D eigenvalue weighted by atomic mass is 16.4. The monoisotopic (exact) mass is 243 g/mol. The molecule has 0 aliphatic rings. The van der Waals surface area contributed by atoms with E-state index in [0.717, 1.165) is 12.1 Å². The van der Waals surface area contributed by atoms with Crippen LogP contribution in [0, 0.1) is 0 Å². The van der Waals surface area contributed by atoms with Gasteiger partial charge >= 0.3 is 5.97 Å². The number of rotatable bonds is 4. The van der Waals surface area contributed by atoms with E-state index in [0.29, 0.717) is 5.82 Å². The van der Waals surface area contributed by atoms with Crippen LogP contribution >= 0.6 is 0 Å². The maximum atomic E-state index is 10.6. The molecule has 0 bridgehead atoms. The van der Waals surface area contributed by atoms with Gasteiger partial charge in [-0.2, -0.15) is 0 Å². The molecule has 0 unspecified atom stereocenters. The zero-order chi connectivity index (χ0) is 13.0. The number of nitrogens with zero attached hydrogens (tertiary/aromatic N) is 2. The smallest absolute Gasteiger partial charge is 0.356 e. The summed E-state index contributed by atoms with van der Waals surface area (Å²) in [6.07, 6.45) is 3.62. The van der Waals surface area contributed by atoms with Gasteiger partial charge in [-0.05, 0) is 24.1 Å². The van der Waals surface area contributed by atoms with Gasteiger partial charge in [-0.15, -0.1) is 0 Å². The fraction of sp³-hybridized carbons (Fsp3) is 0.154. The maximum absolute atomic E-state index is 10.6. The van der Waals surface area contributed by atoms with Crippen molar-refractivity contribution in [3.8, 4) is 0 Å². The van der Waals surface area contributed by atoms with E-state index in [1.54, 1.807) is 0 Å². The number of hydrogen-bond acceptors (Lipinski definition) is 4. The van der Waals surface area contributed by atoms with Crippen LogP contribution in [-0.2, 0) is 6.42 Å². The van der Waals surface area contributed by atoms with Crippen LogP contribution in [0.2, 0.25) is 0 Å². The summed E-state index contributed by atoms with van der Waals surface area (Å²) in [7, 11) is 0. The Labute approximate surface area is 105 Å². The van der Waals surface area contributed by atoms with Gasteiger partial charge in [0.2, 0.25) is 0 Å². The molecule has 0 atom stereocenters. The van der Waals surface area contributed by atoms with Crippen molar-refractivity contribution in [2.75, 3.05) is 5.32 Å². The Bertz CT molecular complexity index is 535. The van der Waals surface area contributed by atoms with Crippen molar-refractivity contribution in [2.24, 2.45) is 0 Å². The van der Waals surface area contributed by atoms with E-state index in [1.165, 1.54) is 18.0 Å². The molecule has 0 aliphatic carbocycles. The summed E-state index contributed by atoms with van der Waals surface area (Å²) in [6.45, 7) is 2.10. The standard InChI is InChI=1S/C13H13N3O2/c1-2-9-3-5-10(6-4-9)16-12-8-14-11(7-15-12)13(17)18/h3-8H,2H2,1H3,(H,15,16)(H,17,18). The number of aromatic nitrogens is 2. The summed E-state index contributed by atoms with van der Waals surface area (Å²) in [4.78, 5) is 18.4. The molecule has 0 spiro atoms. The van der Waals surface area contributed by atoms with E-state index in [1.807, 2.05) is 24.3 Å². The molecule has 5 nitrogen and oxygen atoms in total. The lowest BCUT2D eigenvalue weighted by Crippen LogP contribution is -2.02. The van der Waals surface area contributed by atoms with Crippen molar-refractivity contribution in [2.45, 2.75) is 13.3 Å². The van der Waals surface area contributed by atoms with Crippen molar-refractivity contribution >= 4 is 17.5 Å². The number of aryl methyl sites for hydroxylation is 1. The molecule has 2 N–H and O–H groups in total. The third-order valence-corrected chi connectivity index (χ3v) is 2.51. The first-order valence-corrected chi connectivity index (χ1v) is 5.60. The molecular weight excluding hydrogens is 230 g/mol. The zero-order valence-electron chi connectivity index (χ0n) is 9.92. The Hall–Kier alpha value is -2.43. The minimum atomic E-state index is -1.08. The third kappa shape index (κ3) is 2.82. The molecule has 2 rings (SSSR count). The number of aromatic carboxylic acids is 1. The molecule has 0 saturated carbocycles. The fourth-order valence-electron chi connectivity index (χ4n) is 1.47. The minimum Gasteiger partial charge on any atom is -0.476 e. The van der Waals surface area contributed by atoms with Gasteiger partial charge in [0, 0.05) is 5.69 Å². The van der Waals surface area contributed by atoms with Gasteiger partial charge in [-0.25, -0.2) is 14.8 Å². The second-order valence-electron chi connectivity index (χ2n) is 3.77. The molecule has 1 aromatic carbocycles. The third-order valence-electron chi connectivity index (χ3n) is 2.51. The number of carboxylic acids is 1. The highest BCUT2D eigenvalue weighted by molar-refractivity contribution is 5.85. The molecule has 0 fully saturated rings. The van der Waals surface area contributed by atoms with Crippen LogP contribution in [0.3, 0.4) is 0 Å². The lowest BCUT2D eigenvalue weighted by Gasteiger charge is -2.05. The molecule has 1 aromatic heterocycles. The number of nitrogens with one attached hydrogen (secondary N) is 1. The molecule has 2 aromatic rings. The summed E-state index contributed by atoms with van der Waals surface area (Å²) >= 11 is 0. The van der Waals surface area contributed by atoms with Gasteiger partial charge < -0.3 is 10.4 Å². The van der Waals surface area contributed by atoms with Crippen molar-refractivity contribution in [1.82, 2.24) is 9.97 Å². The van der Waals surface area contributed by atoms with E-state index >= 15 is 0 Å². The summed E-state index contributed by atoms with van der Waals surface area (Å²) in [5, 5.41) is 11.8. The van der Waals surface area contributed by atoms with Gasteiger partial charge in [0.25, 0.3) is 0 Å². The molecular formula is C13H13N3O2. The zero-order valence-corrected chi connectivity index (χ0v) is 9.92. The van der Waals surface area contributed by atoms with Crippen molar-refractivity contribution in [3.05, 3.63) is 47.9 Å². The molecule has 0 saturated heterocycles. The lowest BCUT2D eigenvalue weighted by atomic mass is 10.1. The maximum Gasteiger partial charge on any atom is 0.356 e. The number of benzene rings is 1. The van der Waals surface area contributed by atoms with Crippen LogP contribution in [-0.4, -0.2) is 21.0 Å². The van der Waals surface area contributed by atoms with Crippen molar-refractivity contribution < 1.29 is 9.90 Å². The SMILES string of the molecule is CCc1ccc(Nc2cnc(C(=O)O)cn2)cc1. The van der Waals surface area contributed by atoms with Crippen LogP contribution < -0.4 is 5.32 Å². The highest BCUT2D eigenvalue weighted by Gasteiger charge is 2.04. The van der Waals surface area contributed by atoms with Crippen molar-refractivity contribution in [3.63, 3.8) is 0 Å². The normalized spacial score (nSPS) is 10.1. The Morgan fingerprint density at radius 2 is 1.94 bits per heavy atom. The Morgan fingerprint density at radius 1 is 1.22 bits per heavy atom. The molecule has 0 aliphatic heterocycles. The quantitative estimate of drug-likeness (QED) is 0.862. The average molecular weight is 243 g/mol. The fourth-order valence-corrected chi connectivity index (χ4v) is 1.47. The summed E-state index contributed by atoms with van der Waals surface area (Å²) in [5.41, 5.74) is 2.08. The molecule has 0 amide bonds. The van der Waals surface area contributed by atoms with E-state index < -0.39 is 5.97 Å². The first-order chi connectivity index (χ1) is 8.69. The number of hydrogen-bond donors (Lipinski definition) is 2. The largest absolute Gasteiger partial charge is 0.476 e. The van der Waals surface area contributed by atoms with Gasteiger partial charge in [0.05, 0.1) is 12.4 Å². The van der Waals surface area contributed by atoms with Gasteiger partial charge in [0.15, 0.2) is 5.69 Å². The van der Waals surface area contributed by atoms with E-state index in [2.05, 4.69) is 22.2 Å². The number of carboxylic acid groups (broad SMARTS) is 1. The molecule has 18 heavy (non-hydrogen) atoms. The first-order valence-electron chi connectivity index (χ1n) is 5.60. The predicted molar refractivity (Wildman–Crippen MR) is 68.1 cm³/mol. The predicted octanol–water partition coefficient (Wildman–Crippen LogP) is 2.48. The highest BCUT2D eigenvalue weighted by Crippen LogP contribution is 2.14. The Morgan fingerprint density at radius 3 is 2.44 bits per heavy atom. The van der Waals surface area contributed by atoms with Crippen LogP contribution in [0.15, 0.2) is 36.7 Å². The molecule has 1 heterocycles. The van der Waals surface area contributed by atoms with Crippen molar-refractivity contribution in [1.29, 1.82) is 0 Å². The number of carbonyl (C=O) groups is 1. The molecule has 0 radical (unpaired) electrons. The van der Waals surface area contributed by atoms with Gasteiger partial charge in [-0.1, -0.05) is 19.1 Å². The van der Waals surface area contributed by atoms with Crippen LogP contribution in [0.25, 0.3) is 0 Å². The van der Waals surface area contributed by atoms with Crippen LogP contribution in [0.5, 0.6) is 0 Å². The topological polar surface area (TPSA) is 75.1 Å². The summed E-state index contributed by atoms with van der Waals surface area (Å²) in [6, 6.07) is 7.96. The summed E-state index contributed by atoms with van der Waals surface area (Å²) in [5.74, 6) is -0.564. The van der Waals surface area contributed by atoms with E-state index in [-0.39, 0.29) is 5.69 Å². The minimum absolute atomic E-state index is 0.0677. The average Bonchev–Trinajstić information content (AvgIpc) is 2.40. The second kappa shape index (κ2) is 5.27. The van der Waals surface area contributed by atoms with Crippen LogP contribution in [0.4, 0.5) is 11.5 Å². The molecule has 92 valence electrons. The second-order valence-corrected chi connectivity index (χ2v) is 3.77. The first kappa shape index (κ1) is 12.0. The van der Waals surface area contributed by atoms with Gasteiger partial charge in [-0.3, -0.25) is 0 Å². The van der Waals surface area contributed by atoms with Gasteiger partial charge in [0.1, 0.15) is 5.82 Å². The number of anilines is 2.